The van der Waals surface area contributed by atoms with Crippen molar-refractivity contribution in [2.45, 2.75) is 0 Å². The number of hydrogen-bond acceptors (Lipinski definition) is 8. The number of hydrogen-bond donors (Lipinski definition) is 6. The van der Waals surface area contributed by atoms with Crippen molar-refractivity contribution in [1.82, 2.24) is 10.6 Å². The first kappa shape index (κ1) is 22.5. The molecule has 0 fully saturated rings. The molecule has 0 aliphatic carbocycles. The Morgan fingerprint density at radius 2 is 0.929 bits per heavy atom. The molecule has 154 valence electrons. The van der Waals surface area contributed by atoms with E-state index in [2.05, 4.69) is 21.3 Å². The van der Waals surface area contributed by atoms with Gasteiger partial charge in [0.25, 0.3) is 0 Å². The molecule has 0 bridgehead atoms. The van der Waals surface area contributed by atoms with E-state index in [1.54, 1.807) is 0 Å². The fourth-order valence-electron chi connectivity index (χ4n) is 2.39. The maximum Gasteiger partial charge on any atom is 0.0342 e. The predicted octanol–water partition coefficient (Wildman–Crippen LogP) is 2.94. The van der Waals surface area contributed by atoms with Crippen LogP contribution in [0.15, 0.2) is 48.5 Å². The molecule has 0 saturated heterocycles. The number of rotatable bonds is 15. The smallest absolute Gasteiger partial charge is 0.0342 e. The monoisotopic (exact) mass is 420 g/mol. The molecule has 0 radical (unpaired) electrons. The maximum atomic E-state index is 5.67. The number of nitrogens with one attached hydrogen (secondary N) is 4. The highest BCUT2D eigenvalue weighted by Crippen LogP contribution is 2.19. The van der Waals surface area contributed by atoms with Crippen molar-refractivity contribution in [3.63, 3.8) is 0 Å². The van der Waals surface area contributed by atoms with Gasteiger partial charge >= 0.3 is 0 Å². The highest BCUT2D eigenvalue weighted by Gasteiger charge is 1.95. The van der Waals surface area contributed by atoms with E-state index in [-0.39, 0.29) is 0 Å². The van der Waals surface area contributed by atoms with Crippen LogP contribution in [0.25, 0.3) is 0 Å². The van der Waals surface area contributed by atoms with E-state index in [4.69, 9.17) is 11.5 Å². The third kappa shape index (κ3) is 10.6. The molecular formula is C20H32N6S2. The van der Waals surface area contributed by atoms with Gasteiger partial charge in [0.05, 0.1) is 0 Å². The van der Waals surface area contributed by atoms with Crippen LogP contribution in [0.1, 0.15) is 0 Å². The van der Waals surface area contributed by atoms with Crippen LogP contribution >= 0.6 is 21.6 Å². The van der Waals surface area contributed by atoms with E-state index in [1.807, 2.05) is 70.1 Å². The lowest BCUT2D eigenvalue weighted by molar-refractivity contribution is 0.743. The van der Waals surface area contributed by atoms with Crippen molar-refractivity contribution in [2.75, 3.05) is 72.9 Å². The van der Waals surface area contributed by atoms with Crippen LogP contribution in [-0.4, -0.2) is 50.8 Å². The number of benzene rings is 2. The molecule has 8 heteroatoms. The zero-order valence-corrected chi connectivity index (χ0v) is 17.9. The molecule has 0 aliphatic rings. The van der Waals surface area contributed by atoms with Gasteiger partial charge in [0, 0.05) is 73.5 Å². The zero-order valence-electron chi connectivity index (χ0n) is 16.2. The molecule has 0 heterocycles. The fraction of sp³-hybridized carbons (Fsp3) is 0.400. The third-order valence-electron chi connectivity index (χ3n) is 3.89. The molecule has 0 spiro atoms. The molecule has 6 nitrogen and oxygen atoms in total. The topological polar surface area (TPSA) is 100 Å². The summed E-state index contributed by atoms with van der Waals surface area (Å²) in [6.07, 6.45) is 0. The Kier molecular flexibility index (Phi) is 11.5. The Morgan fingerprint density at radius 3 is 1.32 bits per heavy atom. The van der Waals surface area contributed by atoms with Crippen LogP contribution < -0.4 is 32.7 Å². The lowest BCUT2D eigenvalue weighted by atomic mass is 10.3. The van der Waals surface area contributed by atoms with E-state index in [1.165, 1.54) is 0 Å². The molecule has 2 aromatic rings. The van der Waals surface area contributed by atoms with E-state index in [9.17, 15) is 0 Å². The van der Waals surface area contributed by atoms with Crippen LogP contribution in [-0.2, 0) is 0 Å². The summed E-state index contributed by atoms with van der Waals surface area (Å²) >= 11 is 0. The van der Waals surface area contributed by atoms with Crippen molar-refractivity contribution in [3.8, 4) is 0 Å². The van der Waals surface area contributed by atoms with Gasteiger partial charge in [0.15, 0.2) is 0 Å². The first-order valence-electron chi connectivity index (χ1n) is 9.59. The van der Waals surface area contributed by atoms with Crippen molar-refractivity contribution in [1.29, 1.82) is 0 Å². The molecule has 28 heavy (non-hydrogen) atoms. The SMILES string of the molecule is Nc1ccc(NCCNCCSSCCNCCNc2ccc(N)cc2)cc1. The minimum Gasteiger partial charge on any atom is -0.399 e. The number of anilines is 4. The van der Waals surface area contributed by atoms with Gasteiger partial charge in [-0.25, -0.2) is 0 Å². The highest BCUT2D eigenvalue weighted by atomic mass is 33.1. The normalized spacial score (nSPS) is 10.7. The molecule has 0 amide bonds. The van der Waals surface area contributed by atoms with Gasteiger partial charge in [-0.3, -0.25) is 0 Å². The van der Waals surface area contributed by atoms with Gasteiger partial charge < -0.3 is 32.7 Å². The van der Waals surface area contributed by atoms with E-state index >= 15 is 0 Å². The molecule has 0 unspecified atom stereocenters. The molecule has 0 saturated carbocycles. The Labute approximate surface area is 176 Å². The van der Waals surface area contributed by atoms with Crippen LogP contribution in [0, 0.1) is 0 Å². The summed E-state index contributed by atoms with van der Waals surface area (Å²) in [7, 11) is 3.85. The summed E-state index contributed by atoms with van der Waals surface area (Å²) in [5.41, 5.74) is 15.2. The van der Waals surface area contributed by atoms with Crippen molar-refractivity contribution in [2.24, 2.45) is 0 Å². The minimum atomic E-state index is 0.795. The summed E-state index contributed by atoms with van der Waals surface area (Å²) in [6.45, 7) is 5.79. The van der Waals surface area contributed by atoms with Gasteiger partial charge in [0.2, 0.25) is 0 Å². The molecule has 0 aliphatic heterocycles. The first-order chi connectivity index (χ1) is 13.7. The summed E-state index contributed by atoms with van der Waals surface area (Å²) in [5, 5.41) is 13.6. The van der Waals surface area contributed by atoms with Crippen molar-refractivity contribution < 1.29 is 0 Å². The molecular weight excluding hydrogens is 388 g/mol. The van der Waals surface area contributed by atoms with Crippen LogP contribution in [0.3, 0.4) is 0 Å². The molecule has 8 N–H and O–H groups in total. The third-order valence-corrected chi connectivity index (χ3v) is 6.30. The molecule has 2 aromatic carbocycles. The summed E-state index contributed by atoms with van der Waals surface area (Å²) < 4.78 is 0. The van der Waals surface area contributed by atoms with Crippen molar-refractivity contribution >= 4 is 44.3 Å². The quantitative estimate of drug-likeness (QED) is 0.149. The lowest BCUT2D eigenvalue weighted by Gasteiger charge is -2.09. The maximum absolute atomic E-state index is 5.67. The number of nitrogen functional groups attached to an aromatic ring is 2. The molecule has 2 rings (SSSR count). The molecule has 0 aromatic heterocycles. The number of nitrogens with two attached hydrogens (primary N) is 2. The Bertz CT molecular complexity index is 579. The second-order valence-electron chi connectivity index (χ2n) is 6.24. The second kappa shape index (κ2) is 14.3. The van der Waals surface area contributed by atoms with E-state index < -0.39 is 0 Å². The van der Waals surface area contributed by atoms with E-state index in [0.717, 1.165) is 73.5 Å². The second-order valence-corrected chi connectivity index (χ2v) is 8.94. The molecule has 0 atom stereocenters. The van der Waals surface area contributed by atoms with Crippen LogP contribution in [0.2, 0.25) is 0 Å². The van der Waals surface area contributed by atoms with Crippen LogP contribution in [0.5, 0.6) is 0 Å². The van der Waals surface area contributed by atoms with Gasteiger partial charge in [0.1, 0.15) is 0 Å². The zero-order chi connectivity index (χ0) is 19.9. The first-order valence-corrected chi connectivity index (χ1v) is 12.1. The highest BCUT2D eigenvalue weighted by molar-refractivity contribution is 8.76. The summed E-state index contributed by atoms with van der Waals surface area (Å²) in [5.74, 6) is 2.23. The average molecular weight is 421 g/mol. The van der Waals surface area contributed by atoms with Gasteiger partial charge in [-0.15, -0.1) is 0 Å². The largest absolute Gasteiger partial charge is 0.399 e. The summed E-state index contributed by atoms with van der Waals surface area (Å²) in [6, 6.07) is 15.7. The Balaban J connectivity index is 1.30. The predicted molar refractivity (Wildman–Crippen MR) is 129 cm³/mol. The lowest BCUT2D eigenvalue weighted by Crippen LogP contribution is -2.24. The summed E-state index contributed by atoms with van der Waals surface area (Å²) in [4.78, 5) is 0. The minimum absolute atomic E-state index is 0.795. The van der Waals surface area contributed by atoms with Crippen molar-refractivity contribution in [3.05, 3.63) is 48.5 Å². The standard InChI is InChI=1S/C20H32N6S2/c21-17-1-5-19(6-2-17)25-11-9-23-13-15-27-28-16-14-24-10-12-26-20-7-3-18(22)4-8-20/h1-8,23-26H,9-16,21-22H2. The fourth-order valence-corrected chi connectivity index (χ4v) is 4.29. The van der Waals surface area contributed by atoms with Gasteiger partial charge in [-0.2, -0.15) is 0 Å². The van der Waals surface area contributed by atoms with Crippen LogP contribution in [0.4, 0.5) is 22.7 Å². The van der Waals surface area contributed by atoms with Gasteiger partial charge in [-0.1, -0.05) is 21.6 Å². The van der Waals surface area contributed by atoms with Gasteiger partial charge in [-0.05, 0) is 48.5 Å². The average Bonchev–Trinajstić information content (AvgIpc) is 2.71. The Morgan fingerprint density at radius 1 is 0.536 bits per heavy atom. The van der Waals surface area contributed by atoms with E-state index in [0.29, 0.717) is 0 Å². The Hall–Kier alpha value is -1.74.